The molecule has 0 atom stereocenters. The van der Waals surface area contributed by atoms with Crippen molar-refractivity contribution < 1.29 is 18.4 Å². The molecule has 0 radical (unpaired) electrons. The molecule has 1 amide bonds. The van der Waals surface area contributed by atoms with Gasteiger partial charge < -0.3 is 10.6 Å². The topological polar surface area (TPSA) is 131 Å². The number of hydroxylamine groups is 1. The van der Waals surface area contributed by atoms with Crippen molar-refractivity contribution in [1.82, 2.24) is 5.48 Å². The summed E-state index contributed by atoms with van der Waals surface area (Å²) < 4.78 is 24.2. The fraction of sp³-hybridized carbons (Fsp3) is 0.167. The van der Waals surface area contributed by atoms with Crippen molar-refractivity contribution in [3.05, 3.63) is 78.4 Å². The number of nitrogens with one attached hydrogen (secondary N) is 4. The molecular weight excluding hydrogens is 440 g/mol. The van der Waals surface area contributed by atoms with E-state index < -0.39 is 15.4 Å². The van der Waals surface area contributed by atoms with Crippen molar-refractivity contribution in [2.45, 2.75) is 24.3 Å². The van der Waals surface area contributed by atoms with Crippen LogP contribution in [0, 0.1) is 5.41 Å². The highest BCUT2D eigenvalue weighted by Gasteiger charge is 2.27. The van der Waals surface area contributed by atoms with E-state index in [4.69, 9.17) is 10.6 Å². The number of amidine groups is 1. The summed E-state index contributed by atoms with van der Waals surface area (Å²) in [6.45, 7) is 3.45. The molecule has 0 aliphatic carbocycles. The minimum Gasteiger partial charge on any atom is -0.372 e. The highest BCUT2D eigenvalue weighted by atomic mass is 32.2. The first-order valence-corrected chi connectivity index (χ1v) is 12.0. The number of amides is 1. The standard InChI is InChI=1S/C24H26N4O4S/c1-24(2,27-19-8-6-7-17(15-19)22(25)28-30)23(29)26-18-13-11-16(12-14-18)20-9-4-5-10-21(20)33(3,31)32/h4-15,27,30H,1-3H3,(H2,25,28)(H,26,29). The summed E-state index contributed by atoms with van der Waals surface area (Å²) in [7, 11) is -3.38. The normalized spacial score (nSPS) is 11.5. The third-order valence-corrected chi connectivity index (χ3v) is 6.18. The van der Waals surface area contributed by atoms with Gasteiger partial charge in [0.1, 0.15) is 11.4 Å². The van der Waals surface area contributed by atoms with E-state index in [0.29, 0.717) is 22.5 Å². The molecule has 0 saturated heterocycles. The second-order valence-corrected chi connectivity index (χ2v) is 10.1. The molecule has 172 valence electrons. The predicted octanol–water partition coefficient (Wildman–Crippen LogP) is 3.89. The minimum absolute atomic E-state index is 0.154. The molecule has 33 heavy (non-hydrogen) atoms. The Kier molecular flexibility index (Phi) is 6.85. The number of anilines is 2. The predicted molar refractivity (Wildman–Crippen MR) is 130 cm³/mol. The van der Waals surface area contributed by atoms with Crippen LogP contribution in [0.3, 0.4) is 0 Å². The van der Waals surface area contributed by atoms with Crippen molar-refractivity contribution in [3.63, 3.8) is 0 Å². The lowest BCUT2D eigenvalue weighted by molar-refractivity contribution is -0.119. The van der Waals surface area contributed by atoms with E-state index in [-0.39, 0.29) is 16.6 Å². The molecule has 0 unspecified atom stereocenters. The van der Waals surface area contributed by atoms with Crippen LogP contribution in [0.4, 0.5) is 11.4 Å². The van der Waals surface area contributed by atoms with Gasteiger partial charge in [-0.2, -0.15) is 0 Å². The van der Waals surface area contributed by atoms with Crippen LogP contribution >= 0.6 is 0 Å². The molecule has 0 heterocycles. The Morgan fingerprint density at radius 2 is 1.61 bits per heavy atom. The fourth-order valence-electron chi connectivity index (χ4n) is 3.28. The molecule has 5 N–H and O–H groups in total. The summed E-state index contributed by atoms with van der Waals surface area (Å²) in [5.74, 6) is -0.439. The zero-order chi connectivity index (χ0) is 24.2. The van der Waals surface area contributed by atoms with E-state index >= 15 is 0 Å². The number of carbonyl (C=O) groups excluding carboxylic acids is 1. The quantitative estimate of drug-likeness (QED) is 0.204. The highest BCUT2D eigenvalue weighted by Crippen LogP contribution is 2.28. The molecule has 0 bridgehead atoms. The van der Waals surface area contributed by atoms with Crippen LogP contribution in [0.1, 0.15) is 19.4 Å². The monoisotopic (exact) mass is 466 g/mol. The Hall–Kier alpha value is -3.69. The molecule has 3 rings (SSSR count). The molecule has 9 heteroatoms. The third kappa shape index (κ3) is 5.76. The summed E-state index contributed by atoms with van der Waals surface area (Å²) in [6.07, 6.45) is 1.17. The number of benzene rings is 3. The molecular formula is C24H26N4O4S. The van der Waals surface area contributed by atoms with Crippen LogP contribution in [0.5, 0.6) is 0 Å². The lowest BCUT2D eigenvalue weighted by Crippen LogP contribution is -2.44. The Morgan fingerprint density at radius 1 is 0.939 bits per heavy atom. The minimum atomic E-state index is -3.38. The third-order valence-electron chi connectivity index (χ3n) is 5.03. The Morgan fingerprint density at radius 3 is 2.24 bits per heavy atom. The smallest absolute Gasteiger partial charge is 0.249 e. The Balaban J connectivity index is 1.75. The summed E-state index contributed by atoms with van der Waals surface area (Å²) in [4.78, 5) is 13.2. The van der Waals surface area contributed by atoms with E-state index in [0.717, 1.165) is 5.56 Å². The van der Waals surface area contributed by atoms with Gasteiger partial charge in [-0.05, 0) is 49.7 Å². The summed E-state index contributed by atoms with van der Waals surface area (Å²) in [6, 6.07) is 20.5. The van der Waals surface area contributed by atoms with Gasteiger partial charge in [0, 0.05) is 28.8 Å². The van der Waals surface area contributed by atoms with Crippen LogP contribution in [0.2, 0.25) is 0 Å². The maximum atomic E-state index is 12.9. The Labute approximate surface area is 193 Å². The molecule has 0 aliphatic rings. The van der Waals surface area contributed by atoms with Crippen molar-refractivity contribution in [3.8, 4) is 11.1 Å². The van der Waals surface area contributed by atoms with Gasteiger partial charge >= 0.3 is 0 Å². The number of hydrogen-bond acceptors (Lipinski definition) is 6. The fourth-order valence-corrected chi connectivity index (χ4v) is 4.19. The lowest BCUT2D eigenvalue weighted by Gasteiger charge is -2.26. The summed E-state index contributed by atoms with van der Waals surface area (Å²) >= 11 is 0. The van der Waals surface area contributed by atoms with Gasteiger partial charge in [-0.15, -0.1) is 0 Å². The molecule has 8 nitrogen and oxygen atoms in total. The first kappa shape index (κ1) is 24.0. The van der Waals surface area contributed by atoms with Gasteiger partial charge in [-0.1, -0.05) is 42.5 Å². The number of rotatable bonds is 7. The van der Waals surface area contributed by atoms with Gasteiger partial charge in [0.05, 0.1) is 4.90 Å². The molecule has 0 fully saturated rings. The number of hydrogen-bond donors (Lipinski definition) is 5. The second kappa shape index (κ2) is 9.43. The second-order valence-electron chi connectivity index (χ2n) is 8.12. The zero-order valence-corrected chi connectivity index (χ0v) is 19.3. The molecule has 0 saturated carbocycles. The van der Waals surface area contributed by atoms with Gasteiger partial charge in [0.15, 0.2) is 9.84 Å². The molecule has 0 spiro atoms. The van der Waals surface area contributed by atoms with Crippen molar-refractivity contribution >= 4 is 33.0 Å². The molecule has 3 aromatic rings. The van der Waals surface area contributed by atoms with Crippen LogP contribution in [0.25, 0.3) is 11.1 Å². The average molecular weight is 467 g/mol. The van der Waals surface area contributed by atoms with Gasteiger partial charge in [0.25, 0.3) is 0 Å². The maximum absolute atomic E-state index is 12.9. The van der Waals surface area contributed by atoms with Gasteiger partial charge in [-0.25, -0.2) is 8.42 Å². The Bertz CT molecular complexity index is 1290. The first-order chi connectivity index (χ1) is 15.5. The SMILES string of the molecule is CC(C)(Nc1cccc(C(=N)NO)c1)C(=O)Nc1ccc(-c2ccccc2S(C)(=O)=O)cc1. The van der Waals surface area contributed by atoms with E-state index in [1.807, 2.05) is 0 Å². The van der Waals surface area contributed by atoms with Gasteiger partial charge in [-0.3, -0.25) is 20.9 Å². The van der Waals surface area contributed by atoms with E-state index in [1.54, 1.807) is 92.1 Å². The molecule has 0 aliphatic heterocycles. The van der Waals surface area contributed by atoms with Crippen LogP contribution < -0.4 is 16.1 Å². The number of carbonyl (C=O) groups is 1. The van der Waals surface area contributed by atoms with E-state index in [1.165, 1.54) is 6.26 Å². The average Bonchev–Trinajstić information content (AvgIpc) is 2.78. The number of sulfone groups is 1. The van der Waals surface area contributed by atoms with Crippen LogP contribution in [-0.4, -0.2) is 37.2 Å². The van der Waals surface area contributed by atoms with E-state index in [9.17, 15) is 13.2 Å². The van der Waals surface area contributed by atoms with Crippen molar-refractivity contribution in [2.24, 2.45) is 0 Å². The maximum Gasteiger partial charge on any atom is 0.249 e. The highest BCUT2D eigenvalue weighted by molar-refractivity contribution is 7.90. The zero-order valence-electron chi connectivity index (χ0n) is 18.5. The molecule has 0 aromatic heterocycles. The largest absolute Gasteiger partial charge is 0.372 e. The summed E-state index contributed by atoms with van der Waals surface area (Å²) in [5, 5.41) is 22.6. The first-order valence-electron chi connectivity index (χ1n) is 10.1. The van der Waals surface area contributed by atoms with Crippen molar-refractivity contribution in [2.75, 3.05) is 16.9 Å². The van der Waals surface area contributed by atoms with Crippen LogP contribution in [-0.2, 0) is 14.6 Å². The van der Waals surface area contributed by atoms with Gasteiger partial charge in [0.2, 0.25) is 5.91 Å². The van der Waals surface area contributed by atoms with Crippen LogP contribution in [0.15, 0.2) is 77.7 Å². The van der Waals surface area contributed by atoms with E-state index in [2.05, 4.69) is 10.6 Å². The summed E-state index contributed by atoms with van der Waals surface area (Å²) in [5.41, 5.74) is 3.77. The lowest BCUT2D eigenvalue weighted by atomic mass is 10.0. The molecule has 3 aromatic carbocycles. The van der Waals surface area contributed by atoms with Crippen molar-refractivity contribution in [1.29, 1.82) is 5.41 Å².